The Balaban J connectivity index is 1.74. The Hall–Kier alpha value is -1.93. The molecule has 0 aliphatic carbocycles. The molecular formula is C18H28F2N4O2. The highest BCUT2D eigenvalue weighted by Crippen LogP contribution is 2.21. The van der Waals surface area contributed by atoms with Crippen molar-refractivity contribution in [1.29, 1.82) is 0 Å². The average molecular weight is 370 g/mol. The summed E-state index contributed by atoms with van der Waals surface area (Å²) in [6.45, 7) is 5.25. The molecule has 8 heteroatoms. The number of halogens is 2. The van der Waals surface area contributed by atoms with E-state index in [9.17, 15) is 8.78 Å². The van der Waals surface area contributed by atoms with Gasteiger partial charge in [-0.2, -0.15) is 0 Å². The monoisotopic (exact) mass is 370 g/mol. The molecule has 0 amide bonds. The summed E-state index contributed by atoms with van der Waals surface area (Å²) in [5.74, 6) is 0.00566. The summed E-state index contributed by atoms with van der Waals surface area (Å²) >= 11 is 0. The van der Waals surface area contributed by atoms with Crippen molar-refractivity contribution in [3.05, 3.63) is 29.8 Å². The highest BCUT2D eigenvalue weighted by Gasteiger charge is 2.21. The molecule has 1 N–H and O–H groups in total. The number of ether oxygens (including phenoxy) is 2. The van der Waals surface area contributed by atoms with Gasteiger partial charge in [0, 0.05) is 59.6 Å². The molecule has 1 aromatic rings. The quantitative estimate of drug-likeness (QED) is 0.429. The minimum absolute atomic E-state index is 0.320. The zero-order valence-corrected chi connectivity index (χ0v) is 15.5. The van der Waals surface area contributed by atoms with Crippen molar-refractivity contribution in [2.45, 2.75) is 6.42 Å². The second-order valence-corrected chi connectivity index (χ2v) is 6.00. The van der Waals surface area contributed by atoms with Crippen molar-refractivity contribution < 1.29 is 18.3 Å². The molecule has 0 unspecified atom stereocenters. The maximum Gasteiger partial charge on any atom is 0.193 e. The van der Waals surface area contributed by atoms with Crippen LogP contribution in [0.2, 0.25) is 0 Å². The fourth-order valence-electron chi connectivity index (χ4n) is 2.84. The molecule has 1 aliphatic rings. The number of hydrogen-bond acceptors (Lipinski definition) is 4. The lowest BCUT2D eigenvalue weighted by atomic mass is 10.2. The van der Waals surface area contributed by atoms with Gasteiger partial charge < -0.3 is 24.6 Å². The third-order valence-corrected chi connectivity index (χ3v) is 4.22. The summed E-state index contributed by atoms with van der Waals surface area (Å²) < 4.78 is 37.6. The first kappa shape index (κ1) is 20.4. The van der Waals surface area contributed by atoms with Crippen LogP contribution in [0.15, 0.2) is 23.2 Å². The fraction of sp³-hybridized carbons (Fsp3) is 0.611. The van der Waals surface area contributed by atoms with E-state index in [0.717, 1.165) is 25.0 Å². The van der Waals surface area contributed by atoms with E-state index in [0.29, 0.717) is 51.7 Å². The van der Waals surface area contributed by atoms with Crippen LogP contribution in [0.25, 0.3) is 0 Å². The summed E-state index contributed by atoms with van der Waals surface area (Å²) in [6, 6.07) is 3.56. The summed E-state index contributed by atoms with van der Waals surface area (Å²) in [6.07, 6.45) is 0.872. The molecule has 1 aromatic carbocycles. The van der Waals surface area contributed by atoms with E-state index in [1.165, 1.54) is 12.1 Å². The molecule has 1 fully saturated rings. The molecule has 0 spiro atoms. The van der Waals surface area contributed by atoms with Crippen molar-refractivity contribution in [1.82, 2.24) is 10.2 Å². The van der Waals surface area contributed by atoms with Crippen LogP contribution in [0.5, 0.6) is 0 Å². The third-order valence-electron chi connectivity index (χ3n) is 4.22. The van der Waals surface area contributed by atoms with Gasteiger partial charge in [0.2, 0.25) is 0 Å². The van der Waals surface area contributed by atoms with Gasteiger partial charge in [-0.05, 0) is 18.6 Å². The van der Waals surface area contributed by atoms with Crippen molar-refractivity contribution in [2.75, 3.05) is 71.6 Å². The van der Waals surface area contributed by atoms with Crippen LogP contribution in [-0.2, 0) is 9.47 Å². The van der Waals surface area contributed by atoms with Crippen LogP contribution in [0, 0.1) is 11.6 Å². The van der Waals surface area contributed by atoms with Gasteiger partial charge >= 0.3 is 0 Å². The Bertz CT molecular complexity index is 578. The predicted molar refractivity (Wildman–Crippen MR) is 98.8 cm³/mol. The first-order valence-corrected chi connectivity index (χ1v) is 8.88. The summed E-state index contributed by atoms with van der Waals surface area (Å²) in [5.41, 5.74) is 0.320. The maximum absolute atomic E-state index is 13.9. The minimum Gasteiger partial charge on any atom is -0.382 e. The number of methoxy groups -OCH3 is 1. The van der Waals surface area contributed by atoms with Gasteiger partial charge in [-0.3, -0.25) is 4.99 Å². The normalized spacial score (nSPS) is 15.5. The van der Waals surface area contributed by atoms with Crippen LogP contribution in [-0.4, -0.2) is 77.6 Å². The molecule has 0 bridgehead atoms. The Morgan fingerprint density at radius 2 is 1.92 bits per heavy atom. The number of rotatable bonds is 8. The number of benzene rings is 1. The van der Waals surface area contributed by atoms with E-state index in [1.807, 2.05) is 4.90 Å². The number of nitrogens with zero attached hydrogens (tertiary/aromatic N) is 3. The molecule has 0 radical (unpaired) electrons. The molecule has 26 heavy (non-hydrogen) atoms. The molecule has 1 heterocycles. The first-order chi connectivity index (χ1) is 12.7. The topological polar surface area (TPSA) is 49.3 Å². The molecule has 0 aromatic heterocycles. The molecular weight excluding hydrogens is 342 g/mol. The van der Waals surface area contributed by atoms with Gasteiger partial charge in [0.25, 0.3) is 0 Å². The average Bonchev–Trinajstić information content (AvgIpc) is 2.66. The zero-order valence-electron chi connectivity index (χ0n) is 15.5. The van der Waals surface area contributed by atoms with E-state index in [-0.39, 0.29) is 0 Å². The van der Waals surface area contributed by atoms with Crippen molar-refractivity contribution >= 4 is 11.6 Å². The predicted octanol–water partition coefficient (Wildman–Crippen LogP) is 1.72. The Morgan fingerprint density at radius 3 is 2.62 bits per heavy atom. The fourth-order valence-corrected chi connectivity index (χ4v) is 2.84. The molecule has 146 valence electrons. The lowest BCUT2D eigenvalue weighted by molar-refractivity contribution is 0.0698. The third kappa shape index (κ3) is 6.10. The SMILES string of the molecule is CN=C(NCCCOCCOC)N1CCN(c2cc(F)ccc2F)CC1. The maximum atomic E-state index is 13.9. The molecule has 6 nitrogen and oxygen atoms in total. The standard InChI is InChI=1S/C18H28F2N4O2/c1-21-18(22-6-3-11-26-13-12-25-2)24-9-7-23(8-10-24)17-14-15(19)4-5-16(17)20/h4-5,14H,3,6-13H2,1-2H3,(H,21,22). The van der Waals surface area contributed by atoms with Crippen molar-refractivity contribution in [2.24, 2.45) is 4.99 Å². The highest BCUT2D eigenvalue weighted by molar-refractivity contribution is 5.80. The van der Waals surface area contributed by atoms with Gasteiger partial charge in [-0.15, -0.1) is 0 Å². The Morgan fingerprint density at radius 1 is 1.15 bits per heavy atom. The summed E-state index contributed by atoms with van der Waals surface area (Å²) in [7, 11) is 3.40. The number of aliphatic imine (C=N–C) groups is 1. The van der Waals surface area contributed by atoms with Crippen molar-refractivity contribution in [3.8, 4) is 0 Å². The molecule has 0 atom stereocenters. The second-order valence-electron chi connectivity index (χ2n) is 6.00. The van der Waals surface area contributed by atoms with E-state index in [1.54, 1.807) is 14.2 Å². The van der Waals surface area contributed by atoms with Crippen LogP contribution < -0.4 is 10.2 Å². The zero-order chi connectivity index (χ0) is 18.8. The van der Waals surface area contributed by atoms with E-state index in [4.69, 9.17) is 9.47 Å². The van der Waals surface area contributed by atoms with Crippen LogP contribution >= 0.6 is 0 Å². The number of guanidine groups is 1. The van der Waals surface area contributed by atoms with Gasteiger partial charge in [0.05, 0.1) is 18.9 Å². The van der Waals surface area contributed by atoms with Crippen LogP contribution in [0.3, 0.4) is 0 Å². The van der Waals surface area contributed by atoms with Gasteiger partial charge in [-0.25, -0.2) is 8.78 Å². The van der Waals surface area contributed by atoms with Gasteiger partial charge in [0.15, 0.2) is 5.96 Å². The number of piperazine rings is 1. The molecule has 2 rings (SSSR count). The van der Waals surface area contributed by atoms with Gasteiger partial charge in [0.1, 0.15) is 11.6 Å². The van der Waals surface area contributed by atoms with E-state index in [2.05, 4.69) is 15.2 Å². The smallest absolute Gasteiger partial charge is 0.193 e. The van der Waals surface area contributed by atoms with Crippen molar-refractivity contribution in [3.63, 3.8) is 0 Å². The molecule has 1 aliphatic heterocycles. The molecule has 0 saturated carbocycles. The first-order valence-electron chi connectivity index (χ1n) is 8.88. The minimum atomic E-state index is -0.422. The number of anilines is 1. The number of hydrogen-bond donors (Lipinski definition) is 1. The van der Waals surface area contributed by atoms with E-state index < -0.39 is 11.6 Å². The highest BCUT2D eigenvalue weighted by atomic mass is 19.1. The lowest BCUT2D eigenvalue weighted by Gasteiger charge is -2.37. The van der Waals surface area contributed by atoms with Gasteiger partial charge in [-0.1, -0.05) is 0 Å². The molecule has 1 saturated heterocycles. The number of nitrogens with one attached hydrogen (secondary N) is 1. The van der Waals surface area contributed by atoms with Crippen LogP contribution in [0.4, 0.5) is 14.5 Å². The summed E-state index contributed by atoms with van der Waals surface area (Å²) in [4.78, 5) is 8.30. The Kier molecular flexibility index (Phi) is 8.57. The summed E-state index contributed by atoms with van der Waals surface area (Å²) in [5, 5.41) is 3.32. The largest absolute Gasteiger partial charge is 0.382 e. The lowest BCUT2D eigenvalue weighted by Crippen LogP contribution is -2.52. The Labute approximate surface area is 153 Å². The van der Waals surface area contributed by atoms with Crippen LogP contribution in [0.1, 0.15) is 6.42 Å². The second kappa shape index (κ2) is 10.9. The van der Waals surface area contributed by atoms with E-state index >= 15 is 0 Å².